The van der Waals surface area contributed by atoms with Crippen LogP contribution in [0.2, 0.25) is 0 Å². The number of ether oxygens (including phenoxy) is 2. The third-order valence-corrected chi connectivity index (χ3v) is 6.28. The van der Waals surface area contributed by atoms with Gasteiger partial charge in [0.05, 0.1) is 17.5 Å². The molecule has 0 fully saturated rings. The van der Waals surface area contributed by atoms with Crippen molar-refractivity contribution in [3.8, 4) is 22.8 Å². The topological polar surface area (TPSA) is 103 Å². The summed E-state index contributed by atoms with van der Waals surface area (Å²) in [6.07, 6.45) is -0.0936. The van der Waals surface area contributed by atoms with Crippen molar-refractivity contribution in [2.45, 2.75) is 12.8 Å². The van der Waals surface area contributed by atoms with Gasteiger partial charge in [0.2, 0.25) is 0 Å². The molecular formula is C26H20FNO6S. The third kappa shape index (κ3) is 5.36. The number of methoxy groups -OCH3 is 1. The fraction of sp³-hybridized carbons (Fsp3) is 0.154. The highest BCUT2D eigenvalue weighted by molar-refractivity contribution is 7.17. The molecule has 2 heterocycles. The number of hydrogen-bond donors (Lipinski definition) is 1. The van der Waals surface area contributed by atoms with Gasteiger partial charge >= 0.3 is 5.97 Å². The number of nitrogens with zero attached hydrogens (tertiary/aromatic N) is 1. The summed E-state index contributed by atoms with van der Waals surface area (Å²) in [5.41, 5.74) is 1.83. The van der Waals surface area contributed by atoms with Crippen LogP contribution in [0.5, 0.6) is 11.5 Å². The number of aromatic nitrogens is 1. The number of carbonyl (C=O) groups is 3. The molecule has 4 aromatic rings. The van der Waals surface area contributed by atoms with Crippen LogP contribution in [0.4, 0.5) is 4.39 Å². The van der Waals surface area contributed by atoms with Crippen LogP contribution in [0, 0.1) is 5.82 Å². The normalized spacial score (nSPS) is 10.8. The number of carboxylic acids is 1. The van der Waals surface area contributed by atoms with Crippen LogP contribution >= 0.6 is 11.3 Å². The second-order valence-electron chi connectivity index (χ2n) is 7.57. The fourth-order valence-electron chi connectivity index (χ4n) is 3.56. The second-order valence-corrected chi connectivity index (χ2v) is 8.45. The first-order valence-electron chi connectivity index (χ1n) is 10.6. The van der Waals surface area contributed by atoms with Crippen molar-refractivity contribution >= 4 is 39.0 Å². The van der Waals surface area contributed by atoms with E-state index in [9.17, 15) is 18.8 Å². The molecule has 2 aromatic heterocycles. The zero-order valence-corrected chi connectivity index (χ0v) is 19.4. The van der Waals surface area contributed by atoms with E-state index in [1.807, 2.05) is 11.4 Å². The van der Waals surface area contributed by atoms with Crippen molar-refractivity contribution in [3.63, 3.8) is 0 Å². The molecule has 0 aliphatic carbocycles. The highest BCUT2D eigenvalue weighted by Crippen LogP contribution is 2.34. The highest BCUT2D eigenvalue weighted by Gasteiger charge is 2.17. The lowest BCUT2D eigenvalue weighted by Crippen LogP contribution is -2.11. The minimum Gasteiger partial charge on any atom is -0.493 e. The standard InChI is InChI=1S/C26H20FNO6S/c1-33-24-12-15(8-11-23(24)34-13-25(31)32)21(29)9-10-22(30)20-7-3-6-19(28-20)17-14-35-26-16(17)4-2-5-18(26)27/h2-8,11-12,14H,9-10,13H2,1H3,(H,31,32). The number of hydrogen-bond acceptors (Lipinski definition) is 7. The number of pyridine rings is 1. The molecule has 0 unspecified atom stereocenters. The van der Waals surface area contributed by atoms with Gasteiger partial charge in [-0.25, -0.2) is 14.2 Å². The summed E-state index contributed by atoms with van der Waals surface area (Å²) in [7, 11) is 1.38. The minimum absolute atomic E-state index is 0.0458. The smallest absolute Gasteiger partial charge is 0.341 e. The van der Waals surface area contributed by atoms with E-state index in [4.69, 9.17) is 14.6 Å². The molecule has 0 aliphatic heterocycles. The Kier molecular flexibility index (Phi) is 7.17. The second kappa shape index (κ2) is 10.4. The predicted molar refractivity (Wildman–Crippen MR) is 129 cm³/mol. The van der Waals surface area contributed by atoms with Crippen LogP contribution in [0.15, 0.2) is 60.0 Å². The molecule has 178 valence electrons. The summed E-state index contributed by atoms with van der Waals surface area (Å²) in [6, 6.07) is 14.3. The Labute approximate surface area is 203 Å². The van der Waals surface area contributed by atoms with E-state index >= 15 is 0 Å². The first-order chi connectivity index (χ1) is 16.9. The maximum Gasteiger partial charge on any atom is 0.341 e. The highest BCUT2D eigenvalue weighted by atomic mass is 32.1. The Morgan fingerprint density at radius 1 is 1.00 bits per heavy atom. The van der Waals surface area contributed by atoms with E-state index in [1.54, 1.807) is 24.3 Å². The molecule has 9 heteroatoms. The number of halogens is 1. The van der Waals surface area contributed by atoms with Crippen molar-refractivity contribution < 1.29 is 33.4 Å². The predicted octanol–water partition coefficient (Wildman–Crippen LogP) is 5.42. The Hall–Kier alpha value is -4.11. The van der Waals surface area contributed by atoms with E-state index in [-0.39, 0.29) is 47.4 Å². The lowest BCUT2D eigenvalue weighted by atomic mass is 10.0. The quantitative estimate of drug-likeness (QED) is 0.294. The lowest BCUT2D eigenvalue weighted by molar-refractivity contribution is -0.139. The number of fused-ring (bicyclic) bond motifs is 1. The molecule has 7 nitrogen and oxygen atoms in total. The van der Waals surface area contributed by atoms with Gasteiger partial charge in [0, 0.05) is 34.7 Å². The van der Waals surface area contributed by atoms with Crippen molar-refractivity contribution in [3.05, 3.63) is 77.1 Å². The molecule has 2 aromatic carbocycles. The molecule has 0 aliphatic rings. The summed E-state index contributed by atoms with van der Waals surface area (Å²) in [5, 5.41) is 11.3. The monoisotopic (exact) mass is 493 g/mol. The molecule has 0 saturated carbocycles. The van der Waals surface area contributed by atoms with E-state index < -0.39 is 12.6 Å². The summed E-state index contributed by atoms with van der Waals surface area (Å²) < 4.78 is 24.9. The number of thiophene rings is 1. The van der Waals surface area contributed by atoms with Gasteiger partial charge in [0.1, 0.15) is 11.5 Å². The molecule has 1 N–H and O–H groups in total. The number of ketones is 2. The van der Waals surface area contributed by atoms with Crippen LogP contribution < -0.4 is 9.47 Å². The fourth-order valence-corrected chi connectivity index (χ4v) is 4.53. The molecule has 0 spiro atoms. The molecule has 0 amide bonds. The van der Waals surface area contributed by atoms with Crippen LogP contribution in [0.3, 0.4) is 0 Å². The average molecular weight is 494 g/mol. The summed E-state index contributed by atoms with van der Waals surface area (Å²) in [5.74, 6) is -1.59. The van der Waals surface area contributed by atoms with Crippen LogP contribution in [-0.2, 0) is 4.79 Å². The van der Waals surface area contributed by atoms with Crippen molar-refractivity contribution in [1.29, 1.82) is 0 Å². The van der Waals surface area contributed by atoms with Gasteiger partial charge in [0.25, 0.3) is 0 Å². The first kappa shape index (κ1) is 24.0. The number of Topliss-reactive ketones (excluding diaryl/α,β-unsaturated/α-hetero) is 2. The Morgan fingerprint density at radius 2 is 1.77 bits per heavy atom. The maximum absolute atomic E-state index is 14.0. The van der Waals surface area contributed by atoms with Crippen molar-refractivity contribution in [1.82, 2.24) is 4.98 Å². The Balaban J connectivity index is 1.46. The lowest BCUT2D eigenvalue weighted by Gasteiger charge is -2.10. The first-order valence-corrected chi connectivity index (χ1v) is 11.5. The molecule has 0 bridgehead atoms. The van der Waals surface area contributed by atoms with Crippen molar-refractivity contribution in [2.75, 3.05) is 13.7 Å². The SMILES string of the molecule is COc1cc(C(=O)CCC(=O)c2cccc(-c3csc4c(F)cccc34)n2)ccc1OCC(=O)O. The van der Waals surface area contributed by atoms with Gasteiger partial charge in [-0.05, 0) is 36.4 Å². The number of benzene rings is 2. The number of aliphatic carboxylic acids is 1. The van der Waals surface area contributed by atoms with E-state index in [0.717, 1.165) is 10.9 Å². The van der Waals surface area contributed by atoms with Gasteiger partial charge in [-0.15, -0.1) is 11.3 Å². The molecule has 0 radical (unpaired) electrons. The van der Waals surface area contributed by atoms with Crippen molar-refractivity contribution in [2.24, 2.45) is 0 Å². The molecule has 35 heavy (non-hydrogen) atoms. The molecular weight excluding hydrogens is 473 g/mol. The number of rotatable bonds is 10. The minimum atomic E-state index is -1.14. The summed E-state index contributed by atoms with van der Waals surface area (Å²) in [6.45, 7) is -0.541. The Bertz CT molecular complexity index is 1430. The van der Waals surface area contributed by atoms with Gasteiger partial charge < -0.3 is 14.6 Å². The van der Waals surface area contributed by atoms with Gasteiger partial charge in [-0.1, -0.05) is 18.2 Å². The van der Waals surface area contributed by atoms with E-state index in [2.05, 4.69) is 4.98 Å². The number of carboxylic acid groups (broad SMARTS) is 1. The third-order valence-electron chi connectivity index (χ3n) is 5.28. The van der Waals surface area contributed by atoms with Crippen LogP contribution in [0.25, 0.3) is 21.3 Å². The van der Waals surface area contributed by atoms with Gasteiger partial charge in [-0.3, -0.25) is 9.59 Å². The molecule has 0 atom stereocenters. The number of carbonyl (C=O) groups excluding carboxylic acids is 2. The largest absolute Gasteiger partial charge is 0.493 e. The summed E-state index contributed by atoms with van der Waals surface area (Å²) >= 11 is 1.28. The zero-order chi connectivity index (χ0) is 24.9. The van der Waals surface area contributed by atoms with Crippen LogP contribution in [-0.4, -0.2) is 41.3 Å². The summed E-state index contributed by atoms with van der Waals surface area (Å²) in [4.78, 5) is 40.6. The molecule has 4 rings (SSSR count). The Morgan fingerprint density at radius 3 is 2.54 bits per heavy atom. The van der Waals surface area contributed by atoms with Gasteiger partial charge in [-0.2, -0.15) is 0 Å². The maximum atomic E-state index is 14.0. The van der Waals surface area contributed by atoms with Crippen LogP contribution in [0.1, 0.15) is 33.7 Å². The zero-order valence-electron chi connectivity index (χ0n) is 18.6. The van der Waals surface area contributed by atoms with Gasteiger partial charge in [0.15, 0.2) is 29.7 Å². The van der Waals surface area contributed by atoms with E-state index in [0.29, 0.717) is 16.0 Å². The van der Waals surface area contributed by atoms with E-state index in [1.165, 1.54) is 42.7 Å². The molecule has 0 saturated heterocycles. The average Bonchev–Trinajstić information content (AvgIpc) is 3.31.